The van der Waals surface area contributed by atoms with Crippen LogP contribution in [0.3, 0.4) is 0 Å². The second-order valence-corrected chi connectivity index (χ2v) is 7.08. The Kier molecular flexibility index (Phi) is 5.49. The largest absolute Gasteiger partial charge is 0.371 e. The second-order valence-electron chi connectivity index (χ2n) is 3.80. The maximum Gasteiger partial charge on any atom is 0.264 e. The van der Waals surface area contributed by atoms with Gasteiger partial charge < -0.3 is 9.47 Å². The average Bonchev–Trinajstić information content (AvgIpc) is 2.22. The summed E-state index contributed by atoms with van der Waals surface area (Å²) in [6, 6.07) is 0. The highest BCUT2D eigenvalue weighted by molar-refractivity contribution is 7.86. The van der Waals surface area contributed by atoms with Gasteiger partial charge in [0.2, 0.25) is 0 Å². The van der Waals surface area contributed by atoms with Crippen LogP contribution in [0.4, 0.5) is 0 Å². The van der Waals surface area contributed by atoms with Gasteiger partial charge in [-0.2, -0.15) is 16.8 Å². The van der Waals surface area contributed by atoms with Gasteiger partial charge in [0.1, 0.15) is 12.2 Å². The molecule has 0 amide bonds. The summed E-state index contributed by atoms with van der Waals surface area (Å²) < 4.78 is 63.1. The molecular weight excluding hydrogens is 288 g/mol. The van der Waals surface area contributed by atoms with Gasteiger partial charge >= 0.3 is 0 Å². The van der Waals surface area contributed by atoms with Crippen LogP contribution in [0.15, 0.2) is 0 Å². The molecule has 0 spiro atoms. The first-order valence-corrected chi connectivity index (χ1v) is 8.73. The van der Waals surface area contributed by atoms with Crippen LogP contribution in [0, 0.1) is 0 Å². The van der Waals surface area contributed by atoms with Crippen molar-refractivity contribution in [2.75, 3.05) is 38.9 Å². The van der Waals surface area contributed by atoms with E-state index in [9.17, 15) is 16.8 Å². The van der Waals surface area contributed by atoms with Crippen molar-refractivity contribution < 1.29 is 34.7 Å². The van der Waals surface area contributed by atoms with Crippen LogP contribution in [0.1, 0.15) is 0 Å². The van der Waals surface area contributed by atoms with E-state index in [0.717, 1.165) is 12.5 Å². The minimum atomic E-state index is -3.58. The number of ether oxygens (including phenoxy) is 2. The molecule has 0 aliphatic carbocycles. The molecule has 18 heavy (non-hydrogen) atoms. The van der Waals surface area contributed by atoms with E-state index in [1.54, 1.807) is 0 Å². The van der Waals surface area contributed by atoms with Crippen molar-refractivity contribution in [1.29, 1.82) is 0 Å². The van der Waals surface area contributed by atoms with Crippen molar-refractivity contribution in [3.63, 3.8) is 0 Å². The van der Waals surface area contributed by atoms with E-state index < -0.39 is 32.4 Å². The summed E-state index contributed by atoms with van der Waals surface area (Å²) in [7, 11) is -7.17. The Bertz CT molecular complexity index is 409. The molecule has 10 heteroatoms. The van der Waals surface area contributed by atoms with Crippen LogP contribution in [0.5, 0.6) is 0 Å². The maximum atomic E-state index is 10.9. The molecule has 0 N–H and O–H groups in total. The standard InChI is InChI=1S/C8H16O8S2/c1-17(9,10)15-5-7-8(14-4-3-13-7)6-16-18(2,11)12/h7-8H,3-6H2,1-2H3/t7-,8-/m1/s1. The lowest BCUT2D eigenvalue weighted by molar-refractivity contribution is -0.158. The highest BCUT2D eigenvalue weighted by Crippen LogP contribution is 2.13. The van der Waals surface area contributed by atoms with Gasteiger partial charge in [0.25, 0.3) is 20.2 Å². The van der Waals surface area contributed by atoms with E-state index in [1.807, 2.05) is 0 Å². The maximum absolute atomic E-state index is 10.9. The molecule has 0 aromatic heterocycles. The molecule has 0 aromatic rings. The summed E-state index contributed by atoms with van der Waals surface area (Å²) in [5, 5.41) is 0. The molecule has 108 valence electrons. The van der Waals surface area contributed by atoms with Crippen molar-refractivity contribution in [3.05, 3.63) is 0 Å². The molecule has 1 aliphatic heterocycles. The van der Waals surface area contributed by atoms with E-state index in [-0.39, 0.29) is 26.4 Å². The highest BCUT2D eigenvalue weighted by atomic mass is 32.2. The lowest BCUT2D eigenvalue weighted by Gasteiger charge is -2.30. The van der Waals surface area contributed by atoms with Crippen LogP contribution >= 0.6 is 0 Å². The van der Waals surface area contributed by atoms with E-state index in [1.165, 1.54) is 0 Å². The summed E-state index contributed by atoms with van der Waals surface area (Å²) in [5.41, 5.74) is 0. The fourth-order valence-corrected chi connectivity index (χ4v) is 2.07. The zero-order valence-corrected chi connectivity index (χ0v) is 11.7. The van der Waals surface area contributed by atoms with Crippen LogP contribution in [-0.2, 0) is 38.1 Å². The number of hydrogen-bond acceptors (Lipinski definition) is 8. The van der Waals surface area contributed by atoms with Gasteiger partial charge in [-0.25, -0.2) is 0 Å². The number of rotatable bonds is 6. The Morgan fingerprint density at radius 2 is 1.22 bits per heavy atom. The molecule has 0 bridgehead atoms. The van der Waals surface area contributed by atoms with Gasteiger partial charge in [-0.1, -0.05) is 0 Å². The van der Waals surface area contributed by atoms with Crippen LogP contribution < -0.4 is 0 Å². The Morgan fingerprint density at radius 1 is 0.889 bits per heavy atom. The lowest BCUT2D eigenvalue weighted by Crippen LogP contribution is -2.44. The molecule has 1 saturated heterocycles. The second kappa shape index (κ2) is 6.26. The molecule has 0 unspecified atom stereocenters. The zero-order chi connectivity index (χ0) is 13.8. The van der Waals surface area contributed by atoms with Crippen molar-refractivity contribution in [1.82, 2.24) is 0 Å². The minimum absolute atomic E-state index is 0.239. The normalized spacial score (nSPS) is 26.1. The summed E-state index contributed by atoms with van der Waals surface area (Å²) in [4.78, 5) is 0. The van der Waals surface area contributed by atoms with Gasteiger partial charge in [0.15, 0.2) is 0 Å². The fraction of sp³-hybridized carbons (Fsp3) is 1.00. The molecule has 1 aliphatic rings. The Morgan fingerprint density at radius 3 is 1.50 bits per heavy atom. The lowest BCUT2D eigenvalue weighted by atomic mass is 10.2. The molecule has 0 saturated carbocycles. The van der Waals surface area contributed by atoms with Crippen molar-refractivity contribution >= 4 is 20.2 Å². The zero-order valence-electron chi connectivity index (χ0n) is 10.1. The summed E-state index contributed by atoms with van der Waals surface area (Å²) in [6.45, 7) is 0.0908. The first-order chi connectivity index (χ1) is 8.17. The molecule has 1 heterocycles. The Hall–Kier alpha value is -0.260. The van der Waals surface area contributed by atoms with E-state index in [4.69, 9.17) is 9.47 Å². The molecule has 1 rings (SSSR count). The first-order valence-electron chi connectivity index (χ1n) is 5.09. The predicted molar refractivity (Wildman–Crippen MR) is 61.1 cm³/mol. The summed E-state index contributed by atoms with van der Waals surface area (Å²) in [5.74, 6) is 0. The van der Waals surface area contributed by atoms with Crippen molar-refractivity contribution in [2.45, 2.75) is 12.2 Å². The number of hydrogen-bond donors (Lipinski definition) is 0. The predicted octanol–water partition coefficient (Wildman–Crippen LogP) is -1.28. The molecule has 8 nitrogen and oxygen atoms in total. The Labute approximate surface area is 106 Å². The summed E-state index contributed by atoms with van der Waals surface area (Å²) in [6.07, 6.45) is 0.461. The third-order valence-electron chi connectivity index (χ3n) is 2.05. The fourth-order valence-electron chi connectivity index (χ4n) is 1.31. The average molecular weight is 304 g/mol. The van der Waals surface area contributed by atoms with Gasteiger partial charge in [-0.15, -0.1) is 0 Å². The van der Waals surface area contributed by atoms with Crippen molar-refractivity contribution in [3.8, 4) is 0 Å². The van der Waals surface area contributed by atoms with Crippen molar-refractivity contribution in [2.24, 2.45) is 0 Å². The molecule has 1 fully saturated rings. The molecule has 2 atom stereocenters. The topological polar surface area (TPSA) is 105 Å². The summed E-state index contributed by atoms with van der Waals surface area (Å²) >= 11 is 0. The monoisotopic (exact) mass is 304 g/mol. The van der Waals surface area contributed by atoms with Crippen LogP contribution in [0.25, 0.3) is 0 Å². The Balaban J connectivity index is 2.52. The van der Waals surface area contributed by atoms with E-state index in [2.05, 4.69) is 8.37 Å². The highest BCUT2D eigenvalue weighted by Gasteiger charge is 2.29. The van der Waals surface area contributed by atoms with Gasteiger partial charge in [0.05, 0.1) is 38.9 Å². The molecular formula is C8H16O8S2. The van der Waals surface area contributed by atoms with Gasteiger partial charge in [0, 0.05) is 0 Å². The van der Waals surface area contributed by atoms with Gasteiger partial charge in [-0.3, -0.25) is 8.37 Å². The molecule has 0 aromatic carbocycles. The van der Waals surface area contributed by atoms with Gasteiger partial charge in [-0.05, 0) is 0 Å². The quantitative estimate of drug-likeness (QED) is 0.559. The smallest absolute Gasteiger partial charge is 0.264 e. The third kappa shape index (κ3) is 6.61. The van der Waals surface area contributed by atoms with E-state index >= 15 is 0 Å². The minimum Gasteiger partial charge on any atom is -0.371 e. The third-order valence-corrected chi connectivity index (χ3v) is 3.18. The van der Waals surface area contributed by atoms with Crippen LogP contribution in [-0.4, -0.2) is 68.0 Å². The molecule has 0 radical (unpaired) electrons. The first kappa shape index (κ1) is 15.8. The van der Waals surface area contributed by atoms with E-state index in [0.29, 0.717) is 0 Å². The van der Waals surface area contributed by atoms with Crippen LogP contribution in [0.2, 0.25) is 0 Å². The SMILES string of the molecule is CS(=O)(=O)OC[C@H]1OCCO[C@@H]1COS(C)(=O)=O.